The van der Waals surface area contributed by atoms with Crippen LogP contribution in [0.25, 0.3) is 16.9 Å². The van der Waals surface area contributed by atoms with Crippen LogP contribution in [0.3, 0.4) is 0 Å². The van der Waals surface area contributed by atoms with Crippen molar-refractivity contribution in [2.75, 3.05) is 6.61 Å². The fraction of sp³-hybridized carbons (Fsp3) is 0.400. The molecule has 3 aromatic heterocycles. The van der Waals surface area contributed by atoms with E-state index in [-0.39, 0.29) is 0 Å². The van der Waals surface area contributed by atoms with Crippen LogP contribution in [0, 0.1) is 0 Å². The summed E-state index contributed by atoms with van der Waals surface area (Å²) in [6, 6.07) is 4.98. The molecule has 116 valence electrons. The van der Waals surface area contributed by atoms with E-state index in [1.807, 2.05) is 24.5 Å². The first-order chi connectivity index (χ1) is 10.5. The van der Waals surface area contributed by atoms with E-state index < -0.39 is 8.07 Å². The Hall–Kier alpha value is -1.99. The third kappa shape index (κ3) is 3.42. The van der Waals surface area contributed by atoms with Gasteiger partial charge in [0.1, 0.15) is 12.3 Å². The van der Waals surface area contributed by atoms with Gasteiger partial charge in [0, 0.05) is 33.3 Å². The molecule has 0 spiro atoms. The SMILES string of the molecule is C[Si](C)(C)CCOCc1nc(-n2cccn2)c2cc[nH]c2n1. The van der Waals surface area contributed by atoms with Gasteiger partial charge in [-0.1, -0.05) is 19.6 Å². The summed E-state index contributed by atoms with van der Waals surface area (Å²) in [4.78, 5) is 12.3. The standard InChI is InChI=1S/C15H21N5OSi/c1-22(2,3)10-9-21-11-13-18-14-12(5-7-16-14)15(19-13)20-8-4-6-17-20/h4-8H,9-11H2,1-3H3,(H,16,18,19). The number of hydrogen-bond donors (Lipinski definition) is 1. The predicted octanol–water partition coefficient (Wildman–Crippen LogP) is 3.00. The van der Waals surface area contributed by atoms with Gasteiger partial charge < -0.3 is 9.72 Å². The van der Waals surface area contributed by atoms with E-state index in [0.29, 0.717) is 12.4 Å². The van der Waals surface area contributed by atoms with Crippen LogP contribution in [0.4, 0.5) is 0 Å². The quantitative estimate of drug-likeness (QED) is 0.561. The fourth-order valence-corrected chi connectivity index (χ4v) is 2.90. The van der Waals surface area contributed by atoms with Crippen LogP contribution in [0.2, 0.25) is 25.7 Å². The van der Waals surface area contributed by atoms with Gasteiger partial charge in [0.05, 0.1) is 5.39 Å². The van der Waals surface area contributed by atoms with Crippen molar-refractivity contribution in [2.45, 2.75) is 32.3 Å². The zero-order chi connectivity index (χ0) is 15.6. The van der Waals surface area contributed by atoms with Gasteiger partial charge in [-0.15, -0.1) is 0 Å². The van der Waals surface area contributed by atoms with E-state index in [2.05, 4.69) is 39.7 Å². The van der Waals surface area contributed by atoms with Crippen molar-refractivity contribution < 1.29 is 4.74 Å². The highest BCUT2D eigenvalue weighted by Gasteiger charge is 2.13. The number of ether oxygens (including phenoxy) is 1. The monoisotopic (exact) mass is 315 g/mol. The number of aromatic nitrogens is 5. The Kier molecular flexibility index (Phi) is 4.08. The van der Waals surface area contributed by atoms with Crippen molar-refractivity contribution >= 4 is 19.1 Å². The second-order valence-corrected chi connectivity index (χ2v) is 12.1. The number of H-pyrrole nitrogens is 1. The molecule has 0 aliphatic rings. The van der Waals surface area contributed by atoms with Gasteiger partial charge in [0.2, 0.25) is 0 Å². The smallest absolute Gasteiger partial charge is 0.166 e. The highest BCUT2D eigenvalue weighted by Crippen LogP contribution is 2.18. The molecule has 0 bridgehead atoms. The molecule has 0 aromatic carbocycles. The summed E-state index contributed by atoms with van der Waals surface area (Å²) < 4.78 is 7.51. The van der Waals surface area contributed by atoms with Crippen molar-refractivity contribution in [3.63, 3.8) is 0 Å². The number of hydrogen-bond acceptors (Lipinski definition) is 4. The van der Waals surface area contributed by atoms with Crippen LogP contribution in [0.1, 0.15) is 5.82 Å². The Morgan fingerprint density at radius 2 is 2.14 bits per heavy atom. The summed E-state index contributed by atoms with van der Waals surface area (Å²) in [5, 5.41) is 5.22. The molecule has 1 N–H and O–H groups in total. The zero-order valence-electron chi connectivity index (χ0n) is 13.2. The molecule has 0 saturated carbocycles. The highest BCUT2D eigenvalue weighted by atomic mass is 28.3. The number of nitrogens with one attached hydrogen (secondary N) is 1. The minimum Gasteiger partial charge on any atom is -0.374 e. The molecule has 7 heteroatoms. The molecule has 3 rings (SSSR count). The summed E-state index contributed by atoms with van der Waals surface area (Å²) in [6.45, 7) is 8.21. The van der Waals surface area contributed by atoms with Gasteiger partial charge in [-0.05, 0) is 18.2 Å². The number of aromatic amines is 1. The first-order valence-electron chi connectivity index (χ1n) is 7.45. The molecule has 3 aromatic rings. The van der Waals surface area contributed by atoms with Gasteiger partial charge in [-0.2, -0.15) is 5.10 Å². The molecule has 3 heterocycles. The largest absolute Gasteiger partial charge is 0.374 e. The first kappa shape index (κ1) is 14.9. The average Bonchev–Trinajstić information content (AvgIpc) is 3.12. The normalized spacial score (nSPS) is 12.1. The van der Waals surface area contributed by atoms with Crippen LogP contribution in [0.5, 0.6) is 0 Å². The van der Waals surface area contributed by atoms with Gasteiger partial charge in [-0.25, -0.2) is 14.6 Å². The summed E-state index contributed by atoms with van der Waals surface area (Å²) in [7, 11) is -1.07. The van der Waals surface area contributed by atoms with Crippen molar-refractivity contribution in [1.82, 2.24) is 24.7 Å². The van der Waals surface area contributed by atoms with Crippen molar-refractivity contribution in [1.29, 1.82) is 0 Å². The Labute approximate surface area is 130 Å². The lowest BCUT2D eigenvalue weighted by molar-refractivity contribution is 0.127. The lowest BCUT2D eigenvalue weighted by Gasteiger charge is -2.15. The van der Waals surface area contributed by atoms with Gasteiger partial charge in [0.25, 0.3) is 0 Å². The fourth-order valence-electron chi connectivity index (χ4n) is 2.15. The minimum absolute atomic E-state index is 0.424. The van der Waals surface area contributed by atoms with E-state index in [0.717, 1.165) is 29.5 Å². The molecule has 0 aliphatic carbocycles. The second kappa shape index (κ2) is 6.02. The van der Waals surface area contributed by atoms with Gasteiger partial charge in [0.15, 0.2) is 11.6 Å². The Bertz CT molecular complexity index is 745. The van der Waals surface area contributed by atoms with Crippen LogP contribution in [-0.2, 0) is 11.3 Å². The van der Waals surface area contributed by atoms with E-state index in [1.54, 1.807) is 10.9 Å². The van der Waals surface area contributed by atoms with Crippen LogP contribution >= 0.6 is 0 Å². The molecule has 22 heavy (non-hydrogen) atoms. The molecule has 0 radical (unpaired) electrons. The molecule has 0 amide bonds. The van der Waals surface area contributed by atoms with E-state index >= 15 is 0 Å². The third-order valence-electron chi connectivity index (χ3n) is 3.39. The Morgan fingerprint density at radius 3 is 2.86 bits per heavy atom. The summed E-state index contributed by atoms with van der Waals surface area (Å²) >= 11 is 0. The van der Waals surface area contributed by atoms with Crippen molar-refractivity contribution in [3.8, 4) is 5.82 Å². The molecule has 0 aliphatic heterocycles. The molecular weight excluding hydrogens is 294 g/mol. The van der Waals surface area contributed by atoms with Gasteiger partial charge >= 0.3 is 0 Å². The molecule has 0 fully saturated rings. The Morgan fingerprint density at radius 1 is 1.27 bits per heavy atom. The maximum atomic E-state index is 5.76. The Balaban J connectivity index is 1.79. The number of nitrogens with zero attached hydrogens (tertiary/aromatic N) is 4. The first-order valence-corrected chi connectivity index (χ1v) is 11.2. The molecule has 0 saturated heterocycles. The van der Waals surface area contributed by atoms with Crippen LogP contribution in [-0.4, -0.2) is 39.4 Å². The van der Waals surface area contributed by atoms with Gasteiger partial charge in [-0.3, -0.25) is 0 Å². The summed E-state index contributed by atoms with van der Waals surface area (Å²) in [6.07, 6.45) is 5.48. The number of rotatable bonds is 6. The van der Waals surface area contributed by atoms with Crippen molar-refractivity contribution in [2.24, 2.45) is 0 Å². The highest BCUT2D eigenvalue weighted by molar-refractivity contribution is 6.76. The summed E-state index contributed by atoms with van der Waals surface area (Å²) in [5.41, 5.74) is 0.810. The van der Waals surface area contributed by atoms with Crippen LogP contribution in [0.15, 0.2) is 30.7 Å². The molecule has 0 atom stereocenters. The van der Waals surface area contributed by atoms with Crippen molar-refractivity contribution in [3.05, 3.63) is 36.5 Å². The second-order valence-electron chi connectivity index (χ2n) is 6.52. The lowest BCUT2D eigenvalue weighted by atomic mass is 10.3. The average molecular weight is 315 g/mol. The molecule has 6 nitrogen and oxygen atoms in total. The number of fused-ring (bicyclic) bond motifs is 1. The van der Waals surface area contributed by atoms with E-state index in [9.17, 15) is 0 Å². The third-order valence-corrected chi connectivity index (χ3v) is 5.09. The summed E-state index contributed by atoms with van der Waals surface area (Å²) in [5.74, 6) is 1.45. The predicted molar refractivity (Wildman–Crippen MR) is 88.8 cm³/mol. The maximum absolute atomic E-state index is 5.76. The van der Waals surface area contributed by atoms with E-state index in [4.69, 9.17) is 4.74 Å². The molecule has 0 unspecified atom stereocenters. The van der Waals surface area contributed by atoms with E-state index in [1.165, 1.54) is 0 Å². The maximum Gasteiger partial charge on any atom is 0.166 e. The zero-order valence-corrected chi connectivity index (χ0v) is 14.2. The lowest BCUT2D eigenvalue weighted by Crippen LogP contribution is -2.21. The topological polar surface area (TPSA) is 68.6 Å². The minimum atomic E-state index is -1.07. The molecular formula is C15H21N5OSi. The van der Waals surface area contributed by atoms with Crippen LogP contribution < -0.4 is 0 Å².